The van der Waals surface area contributed by atoms with Crippen LogP contribution in [0, 0.1) is 6.92 Å². The Hall–Kier alpha value is -3.50. The van der Waals surface area contributed by atoms with Crippen molar-refractivity contribution in [1.29, 1.82) is 0 Å². The Kier molecular flexibility index (Phi) is 11.2. The van der Waals surface area contributed by atoms with Crippen LogP contribution in [0.15, 0.2) is 79.4 Å². The number of aromatic hydroxyl groups is 1. The molecule has 1 heterocycles. The second-order valence-electron chi connectivity index (χ2n) is 10.0. The summed E-state index contributed by atoms with van der Waals surface area (Å²) in [6, 6.07) is 24.0. The summed E-state index contributed by atoms with van der Waals surface area (Å²) in [5, 5.41) is 19.5. The van der Waals surface area contributed by atoms with Crippen molar-refractivity contribution >= 4 is 17.3 Å². The van der Waals surface area contributed by atoms with E-state index in [1.54, 1.807) is 18.2 Å². The first kappa shape index (κ1) is 30.0. The highest BCUT2D eigenvalue weighted by molar-refractivity contribution is 6.30. The van der Waals surface area contributed by atoms with E-state index in [9.17, 15) is 5.11 Å². The Morgan fingerprint density at radius 2 is 1.67 bits per heavy atom. The number of halogens is 1. The van der Waals surface area contributed by atoms with Gasteiger partial charge in [0.25, 0.3) is 0 Å². The maximum atomic E-state index is 10.7. The molecule has 0 saturated heterocycles. The number of benzene rings is 3. The molecule has 1 aromatic heterocycles. The van der Waals surface area contributed by atoms with Crippen molar-refractivity contribution in [3.63, 3.8) is 0 Å². The minimum absolute atomic E-state index is 0.0870. The smallest absolute Gasteiger partial charge is 0.142 e. The molecule has 206 valence electrons. The van der Waals surface area contributed by atoms with Crippen LogP contribution in [-0.2, 0) is 13.0 Å². The Labute approximate surface area is 239 Å². The first-order valence-corrected chi connectivity index (χ1v) is 14.3. The largest absolute Gasteiger partial charge is 0.506 e. The van der Waals surface area contributed by atoms with Crippen LogP contribution in [0.1, 0.15) is 86.5 Å². The fourth-order valence-electron chi connectivity index (χ4n) is 4.23. The number of phenols is 1. The Morgan fingerprint density at radius 1 is 0.974 bits per heavy atom. The maximum absolute atomic E-state index is 10.7. The third kappa shape index (κ3) is 8.00. The van der Waals surface area contributed by atoms with E-state index in [0.29, 0.717) is 29.6 Å². The van der Waals surface area contributed by atoms with Gasteiger partial charge in [0.1, 0.15) is 17.1 Å². The van der Waals surface area contributed by atoms with Gasteiger partial charge in [0.2, 0.25) is 0 Å². The third-order valence-corrected chi connectivity index (χ3v) is 7.28. The Morgan fingerprint density at radius 3 is 2.31 bits per heavy atom. The second-order valence-corrected chi connectivity index (χ2v) is 10.5. The van der Waals surface area contributed by atoms with Crippen LogP contribution in [0.2, 0.25) is 5.02 Å². The van der Waals surface area contributed by atoms with E-state index in [2.05, 4.69) is 82.9 Å². The molecule has 0 fully saturated rings. The van der Waals surface area contributed by atoms with E-state index >= 15 is 0 Å². The maximum Gasteiger partial charge on any atom is 0.142 e. The molecule has 0 saturated carbocycles. The van der Waals surface area contributed by atoms with Crippen molar-refractivity contribution in [2.45, 2.75) is 72.8 Å². The summed E-state index contributed by atoms with van der Waals surface area (Å²) in [4.78, 5) is 0. The van der Waals surface area contributed by atoms with Gasteiger partial charge in [-0.2, -0.15) is 5.10 Å². The first-order valence-electron chi connectivity index (χ1n) is 13.9. The number of hydrogen-bond donors (Lipinski definition) is 2. The molecule has 0 radical (unpaired) electrons. The van der Waals surface area contributed by atoms with Crippen molar-refractivity contribution in [3.8, 4) is 11.4 Å². The highest BCUT2D eigenvalue weighted by Gasteiger charge is 2.20. The average molecular weight is 544 g/mol. The molecule has 0 bridgehead atoms. The normalized spacial score (nSPS) is 11.4. The fraction of sp³-hybridized carbons (Fsp3) is 0.324. The van der Waals surface area contributed by atoms with Crippen molar-refractivity contribution in [2.24, 2.45) is 0 Å². The number of phenolic OH excluding ortho intramolecular Hbond substituents is 1. The minimum Gasteiger partial charge on any atom is -0.506 e. The van der Waals surface area contributed by atoms with Gasteiger partial charge in [-0.3, -0.25) is 0 Å². The number of aromatic nitrogens is 2. The summed E-state index contributed by atoms with van der Waals surface area (Å²) in [5.41, 5.74) is 7.85. The van der Waals surface area contributed by atoms with Crippen LogP contribution in [0.3, 0.4) is 0 Å². The highest BCUT2D eigenvalue weighted by atomic mass is 35.5. The van der Waals surface area contributed by atoms with Crippen LogP contribution in [0.25, 0.3) is 11.4 Å². The molecule has 2 N–H and O–H groups in total. The van der Waals surface area contributed by atoms with Crippen molar-refractivity contribution < 1.29 is 5.11 Å². The summed E-state index contributed by atoms with van der Waals surface area (Å²) in [6.07, 6.45) is 4.41. The third-order valence-electron chi connectivity index (χ3n) is 7.05. The molecule has 0 amide bonds. The van der Waals surface area contributed by atoms with Gasteiger partial charge in [-0.05, 0) is 48.1 Å². The van der Waals surface area contributed by atoms with Crippen LogP contribution in [-0.4, -0.2) is 14.9 Å². The summed E-state index contributed by atoms with van der Waals surface area (Å²) in [6.45, 7) is 15.8. The van der Waals surface area contributed by atoms with E-state index in [1.165, 1.54) is 29.5 Å². The second kappa shape index (κ2) is 14.6. The Bertz CT molecular complexity index is 1360. The summed E-state index contributed by atoms with van der Waals surface area (Å²) in [7, 11) is 0. The van der Waals surface area contributed by atoms with E-state index in [-0.39, 0.29) is 5.75 Å². The lowest BCUT2D eigenvalue weighted by Crippen LogP contribution is -2.12. The van der Waals surface area contributed by atoms with Gasteiger partial charge in [-0.25, -0.2) is 4.68 Å². The van der Waals surface area contributed by atoms with E-state index in [0.717, 1.165) is 29.1 Å². The van der Waals surface area contributed by atoms with Crippen molar-refractivity contribution in [3.05, 3.63) is 118 Å². The zero-order valence-electron chi connectivity index (χ0n) is 24.0. The van der Waals surface area contributed by atoms with Crippen LogP contribution < -0.4 is 5.32 Å². The van der Waals surface area contributed by atoms with Crippen molar-refractivity contribution in [2.75, 3.05) is 0 Å². The fourth-order valence-corrected chi connectivity index (χ4v) is 4.39. The lowest BCUT2D eigenvalue weighted by atomic mass is 9.95. The zero-order valence-corrected chi connectivity index (χ0v) is 24.7. The van der Waals surface area contributed by atoms with Crippen molar-refractivity contribution in [1.82, 2.24) is 15.1 Å². The average Bonchev–Trinajstić information content (AvgIpc) is 3.27. The molecule has 3 aromatic carbocycles. The summed E-state index contributed by atoms with van der Waals surface area (Å²) < 4.78 is 1.82. The SMILES string of the molecule is C=C(NCc1ccccc1)c1nn(-c2ccc(Cl)cc2O)c(Cc2cccc(C(C)CC)c2)c1C.CCCC. The molecule has 4 nitrogen and oxygen atoms in total. The molecular formula is C34H42ClN3O. The van der Waals surface area contributed by atoms with E-state index in [4.69, 9.17) is 16.7 Å². The number of nitrogens with zero attached hydrogens (tertiary/aromatic N) is 2. The molecule has 0 aliphatic carbocycles. The quantitative estimate of drug-likeness (QED) is 0.209. The van der Waals surface area contributed by atoms with Gasteiger partial charge < -0.3 is 10.4 Å². The predicted molar refractivity (Wildman–Crippen MR) is 166 cm³/mol. The van der Waals surface area contributed by atoms with Gasteiger partial charge in [0.05, 0.1) is 11.4 Å². The molecule has 5 heteroatoms. The van der Waals surface area contributed by atoms with Crippen LogP contribution in [0.4, 0.5) is 0 Å². The number of nitrogens with one attached hydrogen (secondary N) is 1. The molecule has 0 aliphatic rings. The van der Waals surface area contributed by atoms with Gasteiger partial charge >= 0.3 is 0 Å². The summed E-state index contributed by atoms with van der Waals surface area (Å²) in [5.74, 6) is 0.586. The van der Waals surface area contributed by atoms with E-state index < -0.39 is 0 Å². The lowest BCUT2D eigenvalue weighted by molar-refractivity contribution is 0.469. The first-order chi connectivity index (χ1) is 18.8. The monoisotopic (exact) mass is 543 g/mol. The molecule has 0 spiro atoms. The van der Waals surface area contributed by atoms with Gasteiger partial charge in [-0.1, -0.05) is 113 Å². The number of unbranched alkanes of at least 4 members (excludes halogenated alkanes) is 1. The highest BCUT2D eigenvalue weighted by Crippen LogP contribution is 2.31. The molecule has 39 heavy (non-hydrogen) atoms. The molecular weight excluding hydrogens is 502 g/mol. The van der Waals surface area contributed by atoms with Gasteiger partial charge in [0.15, 0.2) is 0 Å². The lowest BCUT2D eigenvalue weighted by Gasteiger charge is -2.13. The topological polar surface area (TPSA) is 50.1 Å². The van der Waals surface area contributed by atoms with Crippen LogP contribution >= 0.6 is 11.6 Å². The van der Waals surface area contributed by atoms with Gasteiger partial charge in [0, 0.05) is 29.6 Å². The molecule has 4 aromatic rings. The van der Waals surface area contributed by atoms with Crippen LogP contribution in [0.5, 0.6) is 5.75 Å². The van der Waals surface area contributed by atoms with E-state index in [1.807, 2.05) is 22.9 Å². The zero-order chi connectivity index (χ0) is 28.4. The molecule has 1 atom stereocenters. The number of hydrogen-bond acceptors (Lipinski definition) is 3. The molecule has 1 unspecified atom stereocenters. The minimum atomic E-state index is 0.0870. The molecule has 0 aliphatic heterocycles. The predicted octanol–water partition coefficient (Wildman–Crippen LogP) is 9.21. The number of rotatable bonds is 10. The van der Waals surface area contributed by atoms with Gasteiger partial charge in [-0.15, -0.1) is 0 Å². The standard InChI is InChI=1S/C30H32ClN3O.C4H10/c1-5-20(2)25-13-9-12-24(16-25)17-28-21(3)30(22(4)32-19-23-10-7-6-8-11-23)33-34(28)27-15-14-26(31)18-29(27)35;1-3-4-2/h6-16,18,20,32,35H,4-5,17,19H2,1-3H3;3-4H2,1-2H3. The Balaban J connectivity index is 0.000000983. The molecule has 4 rings (SSSR count). The summed E-state index contributed by atoms with van der Waals surface area (Å²) >= 11 is 6.11.